The van der Waals surface area contributed by atoms with Gasteiger partial charge in [-0.05, 0) is 18.3 Å². The number of hydrogen-bond donors (Lipinski definition) is 2. The predicted octanol–water partition coefficient (Wildman–Crippen LogP) is -0.202. The quantitative estimate of drug-likeness (QED) is 0.534. The van der Waals surface area contributed by atoms with Crippen molar-refractivity contribution in [3.05, 3.63) is 12.2 Å². The zero-order chi connectivity index (χ0) is 13.3. The number of amides is 1. The lowest BCUT2D eigenvalue weighted by atomic mass is 9.82. The number of carbonyl (C=O) groups excluding carboxylic acids is 2. The van der Waals surface area contributed by atoms with Crippen molar-refractivity contribution in [2.45, 2.75) is 6.42 Å². The van der Waals surface area contributed by atoms with Crippen LogP contribution in [0.15, 0.2) is 12.2 Å². The van der Waals surface area contributed by atoms with Crippen molar-refractivity contribution < 1.29 is 24.2 Å². The molecule has 4 atom stereocenters. The van der Waals surface area contributed by atoms with E-state index in [4.69, 9.17) is 0 Å². The van der Waals surface area contributed by atoms with Gasteiger partial charge in [-0.2, -0.15) is 0 Å². The third-order valence-electron chi connectivity index (χ3n) is 3.68. The number of aliphatic carboxylic acids is 1. The van der Waals surface area contributed by atoms with Gasteiger partial charge in [-0.3, -0.25) is 14.4 Å². The molecule has 0 aliphatic heterocycles. The summed E-state index contributed by atoms with van der Waals surface area (Å²) in [6.07, 6.45) is 4.47. The molecule has 0 saturated heterocycles. The highest BCUT2D eigenvalue weighted by Crippen LogP contribution is 2.48. The molecule has 0 aromatic carbocycles. The van der Waals surface area contributed by atoms with Gasteiger partial charge in [0.1, 0.15) is 6.54 Å². The Bertz CT molecular complexity index is 417. The van der Waals surface area contributed by atoms with Crippen LogP contribution in [0.5, 0.6) is 0 Å². The fourth-order valence-electron chi connectivity index (χ4n) is 2.87. The summed E-state index contributed by atoms with van der Waals surface area (Å²) in [6, 6.07) is 0. The van der Waals surface area contributed by atoms with Crippen molar-refractivity contribution in [2.24, 2.45) is 23.7 Å². The molecule has 0 radical (unpaired) electrons. The first kappa shape index (κ1) is 12.6. The third kappa shape index (κ3) is 2.10. The van der Waals surface area contributed by atoms with Crippen molar-refractivity contribution in [3.63, 3.8) is 0 Å². The molecular formula is C12H15NO5. The topological polar surface area (TPSA) is 92.7 Å². The monoisotopic (exact) mass is 253 g/mol. The molecular weight excluding hydrogens is 238 g/mol. The Balaban J connectivity index is 2.03. The Morgan fingerprint density at radius 3 is 2.44 bits per heavy atom. The van der Waals surface area contributed by atoms with E-state index in [2.05, 4.69) is 10.1 Å². The lowest BCUT2D eigenvalue weighted by Crippen LogP contribution is -2.42. The van der Waals surface area contributed by atoms with E-state index in [0.717, 1.165) is 0 Å². The first-order chi connectivity index (χ1) is 8.54. The molecule has 0 heterocycles. The van der Waals surface area contributed by atoms with Crippen molar-refractivity contribution >= 4 is 17.8 Å². The van der Waals surface area contributed by atoms with E-state index in [0.29, 0.717) is 6.42 Å². The highest BCUT2D eigenvalue weighted by molar-refractivity contribution is 5.88. The Morgan fingerprint density at radius 2 is 1.89 bits per heavy atom. The second-order valence-corrected chi connectivity index (χ2v) is 4.63. The number of carbonyl (C=O) groups is 3. The van der Waals surface area contributed by atoms with Gasteiger partial charge in [0.2, 0.25) is 5.91 Å². The maximum absolute atomic E-state index is 12.0. The lowest BCUT2D eigenvalue weighted by Gasteiger charge is -2.23. The van der Waals surface area contributed by atoms with E-state index >= 15 is 0 Å². The van der Waals surface area contributed by atoms with E-state index in [9.17, 15) is 19.5 Å². The molecule has 0 spiro atoms. The van der Waals surface area contributed by atoms with Crippen molar-refractivity contribution in [1.82, 2.24) is 5.32 Å². The van der Waals surface area contributed by atoms with Gasteiger partial charge in [-0.1, -0.05) is 12.2 Å². The van der Waals surface area contributed by atoms with E-state index in [-0.39, 0.29) is 24.3 Å². The Labute approximate surface area is 104 Å². The smallest absolute Gasteiger partial charge is 0.325 e. The molecule has 0 aromatic heterocycles. The Hall–Kier alpha value is -1.85. The van der Waals surface area contributed by atoms with Gasteiger partial charge in [0.05, 0.1) is 18.9 Å². The number of esters is 1. The number of allylic oxidation sites excluding steroid dienone is 2. The minimum atomic E-state index is -0.954. The summed E-state index contributed by atoms with van der Waals surface area (Å²) >= 11 is 0. The van der Waals surface area contributed by atoms with Gasteiger partial charge in [-0.25, -0.2) is 0 Å². The molecule has 1 amide bonds. The molecule has 6 heteroatoms. The number of ether oxygens (including phenoxy) is 1. The molecule has 2 N–H and O–H groups in total. The number of fused-ring (bicyclic) bond motifs is 2. The first-order valence-corrected chi connectivity index (χ1v) is 5.80. The van der Waals surface area contributed by atoms with Crippen LogP contribution in [0, 0.1) is 23.7 Å². The van der Waals surface area contributed by atoms with E-state index in [1.54, 1.807) is 0 Å². The Morgan fingerprint density at radius 1 is 1.28 bits per heavy atom. The van der Waals surface area contributed by atoms with Crippen LogP contribution in [0.4, 0.5) is 0 Å². The third-order valence-corrected chi connectivity index (χ3v) is 3.68. The van der Waals surface area contributed by atoms with Gasteiger partial charge < -0.3 is 15.2 Å². The van der Waals surface area contributed by atoms with Crippen molar-refractivity contribution in [1.29, 1.82) is 0 Å². The zero-order valence-corrected chi connectivity index (χ0v) is 9.96. The molecule has 2 aliphatic carbocycles. The van der Waals surface area contributed by atoms with Crippen LogP contribution in [0.25, 0.3) is 0 Å². The van der Waals surface area contributed by atoms with Crippen LogP contribution in [-0.4, -0.2) is 36.6 Å². The number of carboxylic acid groups (broad SMARTS) is 1. The highest BCUT2D eigenvalue weighted by atomic mass is 16.5. The normalized spacial score (nSPS) is 32.3. The molecule has 1 saturated carbocycles. The zero-order valence-electron chi connectivity index (χ0n) is 9.96. The minimum Gasteiger partial charge on any atom is -0.481 e. The molecule has 98 valence electrons. The predicted molar refractivity (Wildman–Crippen MR) is 60.4 cm³/mol. The molecule has 0 aromatic rings. The molecule has 6 nitrogen and oxygen atoms in total. The number of hydrogen-bond acceptors (Lipinski definition) is 4. The number of rotatable bonds is 4. The maximum atomic E-state index is 12.0. The van der Waals surface area contributed by atoms with Crippen LogP contribution >= 0.6 is 0 Å². The van der Waals surface area contributed by atoms with E-state index in [1.807, 2.05) is 12.2 Å². The Kier molecular flexibility index (Phi) is 3.36. The van der Waals surface area contributed by atoms with Gasteiger partial charge in [-0.15, -0.1) is 0 Å². The van der Waals surface area contributed by atoms with Crippen LogP contribution < -0.4 is 5.32 Å². The number of nitrogens with one attached hydrogen (secondary N) is 1. The standard InChI is InChI=1S/C12H15NO5/c1-18-8(14)5-13-11(15)9-6-2-3-7(4-6)10(9)12(16)17/h2-3,6-7,9-10H,4-5H2,1H3,(H,13,15)(H,16,17). The molecule has 2 rings (SSSR count). The summed E-state index contributed by atoms with van der Waals surface area (Å²) in [5.41, 5.74) is 0. The summed E-state index contributed by atoms with van der Waals surface area (Å²) < 4.78 is 4.42. The number of methoxy groups -OCH3 is 1. The van der Waals surface area contributed by atoms with Gasteiger partial charge in [0.25, 0.3) is 0 Å². The summed E-state index contributed by atoms with van der Waals surface area (Å²) in [4.78, 5) is 34.1. The summed E-state index contributed by atoms with van der Waals surface area (Å²) in [5, 5.41) is 11.6. The van der Waals surface area contributed by atoms with Crippen LogP contribution in [0.1, 0.15) is 6.42 Å². The van der Waals surface area contributed by atoms with E-state index < -0.39 is 23.8 Å². The minimum absolute atomic E-state index is 0.0336. The molecule has 2 aliphatic rings. The van der Waals surface area contributed by atoms with Gasteiger partial charge >= 0.3 is 11.9 Å². The fraction of sp³-hybridized carbons (Fsp3) is 0.583. The summed E-state index contributed by atoms with van der Waals surface area (Å²) in [6.45, 7) is -0.223. The average molecular weight is 253 g/mol. The SMILES string of the molecule is COC(=O)CNC(=O)C1C2C=CC(C2)C1C(=O)O. The average Bonchev–Trinajstić information content (AvgIpc) is 2.95. The largest absolute Gasteiger partial charge is 0.481 e. The number of carboxylic acids is 1. The summed E-state index contributed by atoms with van der Waals surface area (Å²) in [7, 11) is 1.23. The fourth-order valence-corrected chi connectivity index (χ4v) is 2.87. The van der Waals surface area contributed by atoms with E-state index in [1.165, 1.54) is 7.11 Å². The van der Waals surface area contributed by atoms with Crippen LogP contribution in [0.3, 0.4) is 0 Å². The molecule has 18 heavy (non-hydrogen) atoms. The van der Waals surface area contributed by atoms with Crippen molar-refractivity contribution in [3.8, 4) is 0 Å². The van der Waals surface area contributed by atoms with Crippen LogP contribution in [0.2, 0.25) is 0 Å². The first-order valence-electron chi connectivity index (χ1n) is 5.80. The maximum Gasteiger partial charge on any atom is 0.325 e. The molecule has 2 bridgehead atoms. The van der Waals surface area contributed by atoms with Crippen LogP contribution in [-0.2, 0) is 19.1 Å². The van der Waals surface area contributed by atoms with Gasteiger partial charge in [0, 0.05) is 0 Å². The molecule has 4 unspecified atom stereocenters. The van der Waals surface area contributed by atoms with Gasteiger partial charge in [0.15, 0.2) is 0 Å². The highest BCUT2D eigenvalue weighted by Gasteiger charge is 2.51. The second-order valence-electron chi connectivity index (χ2n) is 4.63. The lowest BCUT2D eigenvalue weighted by molar-refractivity contribution is -0.148. The van der Waals surface area contributed by atoms with Crippen molar-refractivity contribution in [2.75, 3.05) is 13.7 Å². The summed E-state index contributed by atoms with van der Waals surface area (Å²) in [5.74, 6) is -3.25. The molecule has 1 fully saturated rings. The second kappa shape index (κ2) is 4.80.